The molecule has 0 saturated heterocycles. The van der Waals surface area contributed by atoms with Gasteiger partial charge in [-0.05, 0) is 56.4 Å². The Kier molecular flexibility index (Phi) is 4.69. The SMILES string of the molecule is CCC1CCC(NCC2CCCC(C)C2)C1. The molecule has 94 valence electrons. The normalized spacial score (nSPS) is 40.1. The van der Waals surface area contributed by atoms with Crippen LogP contribution in [0.15, 0.2) is 0 Å². The Bertz CT molecular complexity index is 202. The molecule has 4 unspecified atom stereocenters. The highest BCUT2D eigenvalue weighted by Gasteiger charge is 2.24. The molecule has 0 aromatic heterocycles. The van der Waals surface area contributed by atoms with Gasteiger partial charge in [0.15, 0.2) is 0 Å². The standard InChI is InChI=1S/C15H29N/c1-3-13-7-8-15(10-13)16-11-14-6-4-5-12(2)9-14/h12-16H,3-11H2,1-2H3. The Hall–Kier alpha value is -0.0400. The second-order valence-corrected chi connectivity index (χ2v) is 6.33. The van der Waals surface area contributed by atoms with E-state index >= 15 is 0 Å². The van der Waals surface area contributed by atoms with Crippen LogP contribution in [0.4, 0.5) is 0 Å². The molecule has 2 saturated carbocycles. The smallest absolute Gasteiger partial charge is 0.00699 e. The molecule has 2 fully saturated rings. The molecule has 0 aromatic rings. The lowest BCUT2D eigenvalue weighted by Gasteiger charge is -2.28. The Morgan fingerprint density at radius 3 is 2.56 bits per heavy atom. The van der Waals surface area contributed by atoms with Gasteiger partial charge in [-0.3, -0.25) is 0 Å². The summed E-state index contributed by atoms with van der Waals surface area (Å²) < 4.78 is 0. The average Bonchev–Trinajstić information content (AvgIpc) is 2.74. The first-order valence-electron chi connectivity index (χ1n) is 7.51. The van der Waals surface area contributed by atoms with Crippen LogP contribution in [0.5, 0.6) is 0 Å². The van der Waals surface area contributed by atoms with E-state index in [9.17, 15) is 0 Å². The van der Waals surface area contributed by atoms with E-state index in [1.54, 1.807) is 0 Å². The van der Waals surface area contributed by atoms with E-state index in [2.05, 4.69) is 19.2 Å². The van der Waals surface area contributed by atoms with Crippen LogP contribution in [0.3, 0.4) is 0 Å². The van der Waals surface area contributed by atoms with Crippen molar-refractivity contribution in [3.8, 4) is 0 Å². The lowest BCUT2D eigenvalue weighted by Crippen LogP contribution is -2.33. The van der Waals surface area contributed by atoms with Gasteiger partial charge in [0.2, 0.25) is 0 Å². The van der Waals surface area contributed by atoms with Crippen LogP contribution < -0.4 is 5.32 Å². The molecule has 2 aliphatic rings. The Labute approximate surface area is 101 Å². The Morgan fingerprint density at radius 2 is 1.88 bits per heavy atom. The Morgan fingerprint density at radius 1 is 1.00 bits per heavy atom. The molecule has 0 heterocycles. The van der Waals surface area contributed by atoms with Gasteiger partial charge in [-0.2, -0.15) is 0 Å². The predicted molar refractivity (Wildman–Crippen MR) is 70.5 cm³/mol. The zero-order valence-electron chi connectivity index (χ0n) is 11.2. The molecule has 0 spiro atoms. The predicted octanol–water partition coefficient (Wildman–Crippen LogP) is 3.98. The van der Waals surface area contributed by atoms with Gasteiger partial charge in [-0.25, -0.2) is 0 Å². The summed E-state index contributed by atoms with van der Waals surface area (Å²) in [5.41, 5.74) is 0. The Balaban J connectivity index is 1.64. The molecule has 1 nitrogen and oxygen atoms in total. The minimum atomic E-state index is 0.849. The summed E-state index contributed by atoms with van der Waals surface area (Å²) in [7, 11) is 0. The van der Waals surface area contributed by atoms with Crippen LogP contribution in [0.25, 0.3) is 0 Å². The van der Waals surface area contributed by atoms with Crippen molar-refractivity contribution in [2.75, 3.05) is 6.54 Å². The van der Waals surface area contributed by atoms with Crippen LogP contribution in [0.2, 0.25) is 0 Å². The van der Waals surface area contributed by atoms with Crippen LogP contribution in [-0.2, 0) is 0 Å². The van der Waals surface area contributed by atoms with Gasteiger partial charge >= 0.3 is 0 Å². The van der Waals surface area contributed by atoms with Crippen molar-refractivity contribution >= 4 is 0 Å². The first-order chi connectivity index (χ1) is 7.78. The van der Waals surface area contributed by atoms with E-state index in [0.717, 1.165) is 23.8 Å². The summed E-state index contributed by atoms with van der Waals surface area (Å²) in [6, 6.07) is 0.849. The van der Waals surface area contributed by atoms with Gasteiger partial charge in [-0.1, -0.05) is 33.1 Å². The fourth-order valence-corrected chi connectivity index (χ4v) is 3.71. The van der Waals surface area contributed by atoms with Crippen LogP contribution in [0.1, 0.15) is 65.2 Å². The monoisotopic (exact) mass is 223 g/mol. The fraction of sp³-hybridized carbons (Fsp3) is 1.00. The van der Waals surface area contributed by atoms with Crippen LogP contribution >= 0.6 is 0 Å². The molecular formula is C15H29N. The molecule has 0 aliphatic heterocycles. The summed E-state index contributed by atoms with van der Waals surface area (Å²) in [5.74, 6) is 2.97. The molecule has 2 rings (SSSR count). The van der Waals surface area contributed by atoms with Gasteiger partial charge in [0.25, 0.3) is 0 Å². The van der Waals surface area contributed by atoms with Crippen molar-refractivity contribution in [3.63, 3.8) is 0 Å². The second kappa shape index (κ2) is 6.05. The van der Waals surface area contributed by atoms with Gasteiger partial charge < -0.3 is 5.32 Å². The topological polar surface area (TPSA) is 12.0 Å². The van der Waals surface area contributed by atoms with Crippen molar-refractivity contribution in [1.82, 2.24) is 5.32 Å². The van der Waals surface area contributed by atoms with E-state index in [-0.39, 0.29) is 0 Å². The number of hydrogen-bond acceptors (Lipinski definition) is 1. The maximum Gasteiger partial charge on any atom is 0.00699 e. The maximum absolute atomic E-state index is 3.84. The molecule has 1 N–H and O–H groups in total. The summed E-state index contributed by atoms with van der Waals surface area (Å²) >= 11 is 0. The molecule has 0 radical (unpaired) electrons. The molecule has 0 aromatic carbocycles. The van der Waals surface area contributed by atoms with Crippen molar-refractivity contribution in [1.29, 1.82) is 0 Å². The van der Waals surface area contributed by atoms with Gasteiger partial charge in [0.1, 0.15) is 0 Å². The largest absolute Gasteiger partial charge is 0.314 e. The van der Waals surface area contributed by atoms with Gasteiger partial charge in [0.05, 0.1) is 0 Å². The quantitative estimate of drug-likeness (QED) is 0.760. The third-order valence-corrected chi connectivity index (χ3v) is 4.86. The van der Waals surface area contributed by atoms with E-state index in [1.807, 2.05) is 0 Å². The molecule has 0 bridgehead atoms. The van der Waals surface area contributed by atoms with E-state index in [1.165, 1.54) is 57.9 Å². The molecule has 0 amide bonds. The fourth-order valence-electron chi connectivity index (χ4n) is 3.71. The van der Waals surface area contributed by atoms with Crippen molar-refractivity contribution < 1.29 is 0 Å². The number of hydrogen-bond donors (Lipinski definition) is 1. The summed E-state index contributed by atoms with van der Waals surface area (Å²) in [5, 5.41) is 3.84. The number of rotatable bonds is 4. The second-order valence-electron chi connectivity index (χ2n) is 6.33. The van der Waals surface area contributed by atoms with Gasteiger partial charge in [-0.15, -0.1) is 0 Å². The third-order valence-electron chi connectivity index (χ3n) is 4.86. The zero-order chi connectivity index (χ0) is 11.4. The lowest BCUT2D eigenvalue weighted by molar-refractivity contribution is 0.266. The van der Waals surface area contributed by atoms with Crippen LogP contribution in [-0.4, -0.2) is 12.6 Å². The zero-order valence-corrected chi connectivity index (χ0v) is 11.2. The summed E-state index contributed by atoms with van der Waals surface area (Å²) in [6.07, 6.45) is 11.6. The molecule has 2 aliphatic carbocycles. The van der Waals surface area contributed by atoms with Crippen molar-refractivity contribution in [2.45, 2.75) is 71.3 Å². The van der Waals surface area contributed by atoms with E-state index < -0.39 is 0 Å². The third kappa shape index (κ3) is 3.48. The first kappa shape index (κ1) is 12.4. The molecular weight excluding hydrogens is 194 g/mol. The van der Waals surface area contributed by atoms with E-state index in [0.29, 0.717) is 0 Å². The van der Waals surface area contributed by atoms with Crippen LogP contribution in [0, 0.1) is 17.8 Å². The van der Waals surface area contributed by atoms with Crippen molar-refractivity contribution in [3.05, 3.63) is 0 Å². The van der Waals surface area contributed by atoms with Gasteiger partial charge in [0, 0.05) is 6.04 Å². The highest BCUT2D eigenvalue weighted by atomic mass is 14.9. The first-order valence-corrected chi connectivity index (χ1v) is 7.51. The summed E-state index contributed by atoms with van der Waals surface area (Å²) in [4.78, 5) is 0. The maximum atomic E-state index is 3.84. The summed E-state index contributed by atoms with van der Waals surface area (Å²) in [6.45, 7) is 6.07. The molecule has 1 heteroatoms. The minimum absolute atomic E-state index is 0.849. The average molecular weight is 223 g/mol. The van der Waals surface area contributed by atoms with E-state index in [4.69, 9.17) is 0 Å². The minimum Gasteiger partial charge on any atom is -0.314 e. The molecule has 4 atom stereocenters. The highest BCUT2D eigenvalue weighted by molar-refractivity contribution is 4.81. The van der Waals surface area contributed by atoms with Crippen molar-refractivity contribution in [2.24, 2.45) is 17.8 Å². The lowest BCUT2D eigenvalue weighted by atomic mass is 9.82. The molecule has 16 heavy (non-hydrogen) atoms. The highest BCUT2D eigenvalue weighted by Crippen LogP contribution is 2.30. The number of nitrogens with one attached hydrogen (secondary N) is 1.